The van der Waals surface area contributed by atoms with Crippen LogP contribution in [-0.4, -0.2) is 50.3 Å². The summed E-state index contributed by atoms with van der Waals surface area (Å²) in [5.41, 5.74) is 1.79. The van der Waals surface area contributed by atoms with E-state index in [0.29, 0.717) is 29.5 Å². The second kappa shape index (κ2) is 10.3. The van der Waals surface area contributed by atoms with Gasteiger partial charge >= 0.3 is 0 Å². The van der Waals surface area contributed by atoms with Crippen LogP contribution < -0.4 is 4.74 Å². The minimum atomic E-state index is -3.03. The molecule has 0 fully saturated rings. The number of ether oxygens (including phenoxy) is 1. The lowest BCUT2D eigenvalue weighted by molar-refractivity contribution is -0.0242. The standard InChI is InChI=1S/C24H28ClF2N3O4/c1-5-15(8-13(2)31)21(32)20-18-11-30(23(33)17(18)6-7-28-20)14(3)16-9-19(25)22(29-10-16)34-12-24(4,26)27/h6-7,9-10,13-15,31H,5,8,11-12H2,1-4H3/t13-,14?,15?/m1/s1. The Balaban J connectivity index is 1.83. The van der Waals surface area contributed by atoms with Gasteiger partial charge in [0.25, 0.3) is 11.8 Å². The normalized spacial score (nSPS) is 16.2. The number of nitrogens with zero attached hydrogens (tertiary/aromatic N) is 3. The zero-order valence-electron chi connectivity index (χ0n) is 19.5. The van der Waals surface area contributed by atoms with Crippen LogP contribution in [0.1, 0.15) is 78.6 Å². The molecule has 0 spiro atoms. The van der Waals surface area contributed by atoms with Crippen LogP contribution in [-0.2, 0) is 6.54 Å². The summed E-state index contributed by atoms with van der Waals surface area (Å²) < 4.78 is 31.1. The highest BCUT2D eigenvalue weighted by atomic mass is 35.5. The van der Waals surface area contributed by atoms with Crippen molar-refractivity contribution in [2.45, 2.75) is 65.1 Å². The zero-order valence-corrected chi connectivity index (χ0v) is 20.3. The average molecular weight is 496 g/mol. The molecular formula is C24H28ClF2N3O4. The van der Waals surface area contributed by atoms with Gasteiger partial charge in [0.1, 0.15) is 10.7 Å². The third-order valence-electron chi connectivity index (χ3n) is 5.84. The Bertz CT molecular complexity index is 1070. The van der Waals surface area contributed by atoms with E-state index in [0.717, 1.165) is 6.92 Å². The summed E-state index contributed by atoms with van der Waals surface area (Å²) >= 11 is 6.18. The molecule has 184 valence electrons. The fourth-order valence-corrected chi connectivity index (χ4v) is 4.22. The maximum Gasteiger partial charge on any atom is 0.278 e. The van der Waals surface area contributed by atoms with Crippen LogP contribution in [0.5, 0.6) is 5.88 Å². The molecule has 0 bridgehead atoms. The third kappa shape index (κ3) is 5.70. The van der Waals surface area contributed by atoms with Gasteiger partial charge in [-0.2, -0.15) is 0 Å². The number of amides is 1. The molecule has 10 heteroatoms. The maximum atomic E-state index is 13.2. The number of hydrogen-bond donors (Lipinski definition) is 1. The predicted octanol–water partition coefficient (Wildman–Crippen LogP) is 4.86. The van der Waals surface area contributed by atoms with Gasteiger partial charge in [-0.05, 0) is 44.4 Å². The van der Waals surface area contributed by atoms with Gasteiger partial charge in [-0.3, -0.25) is 14.6 Å². The van der Waals surface area contributed by atoms with Crippen molar-refractivity contribution in [2.24, 2.45) is 5.92 Å². The zero-order chi connectivity index (χ0) is 25.2. The Hall–Kier alpha value is -2.65. The lowest BCUT2D eigenvalue weighted by Crippen LogP contribution is -2.27. The van der Waals surface area contributed by atoms with Crippen molar-refractivity contribution in [1.82, 2.24) is 14.9 Å². The minimum absolute atomic E-state index is 0.0548. The van der Waals surface area contributed by atoms with E-state index in [-0.39, 0.29) is 34.8 Å². The number of rotatable bonds is 10. The second-order valence-electron chi connectivity index (χ2n) is 8.76. The molecule has 3 heterocycles. The molecule has 0 aromatic carbocycles. The largest absolute Gasteiger partial charge is 0.470 e. The first-order valence-electron chi connectivity index (χ1n) is 11.1. The van der Waals surface area contributed by atoms with E-state index in [1.54, 1.807) is 24.8 Å². The van der Waals surface area contributed by atoms with Crippen LogP contribution in [0.15, 0.2) is 24.5 Å². The fraction of sp³-hybridized carbons (Fsp3) is 0.500. The second-order valence-corrected chi connectivity index (χ2v) is 9.17. The lowest BCUT2D eigenvalue weighted by Gasteiger charge is -2.25. The van der Waals surface area contributed by atoms with E-state index >= 15 is 0 Å². The van der Waals surface area contributed by atoms with Crippen molar-refractivity contribution in [3.8, 4) is 5.88 Å². The van der Waals surface area contributed by atoms with Crippen molar-refractivity contribution in [2.75, 3.05) is 6.61 Å². The van der Waals surface area contributed by atoms with Crippen molar-refractivity contribution in [3.63, 3.8) is 0 Å². The Labute approximate surface area is 202 Å². The number of pyridine rings is 2. The highest BCUT2D eigenvalue weighted by Crippen LogP contribution is 2.35. The molecule has 0 saturated carbocycles. The SMILES string of the molecule is CCC(C[C@@H](C)O)C(=O)c1nccc2c1CN(C(C)c1cnc(OCC(C)(F)F)c(Cl)c1)C2=O. The van der Waals surface area contributed by atoms with Crippen LogP contribution in [0.25, 0.3) is 0 Å². The monoisotopic (exact) mass is 495 g/mol. The molecule has 1 amide bonds. The van der Waals surface area contributed by atoms with Crippen LogP contribution in [0.3, 0.4) is 0 Å². The van der Waals surface area contributed by atoms with Gasteiger partial charge in [-0.25, -0.2) is 13.8 Å². The number of fused-ring (bicyclic) bond motifs is 1. The van der Waals surface area contributed by atoms with Crippen molar-refractivity contribution in [3.05, 3.63) is 51.9 Å². The number of aromatic nitrogens is 2. The minimum Gasteiger partial charge on any atom is -0.470 e. The van der Waals surface area contributed by atoms with Crippen LogP contribution in [0.4, 0.5) is 8.78 Å². The molecule has 1 aliphatic heterocycles. The lowest BCUT2D eigenvalue weighted by atomic mass is 9.90. The summed E-state index contributed by atoms with van der Waals surface area (Å²) in [4.78, 5) is 36.2. The molecule has 3 rings (SSSR count). The Kier molecular flexibility index (Phi) is 7.88. The molecule has 1 N–H and O–H groups in total. The first kappa shape index (κ1) is 26.0. The van der Waals surface area contributed by atoms with E-state index < -0.39 is 30.6 Å². The number of alkyl halides is 2. The highest BCUT2D eigenvalue weighted by Gasteiger charge is 2.36. The quantitative estimate of drug-likeness (QED) is 0.473. The third-order valence-corrected chi connectivity index (χ3v) is 6.11. The van der Waals surface area contributed by atoms with Gasteiger partial charge in [0.05, 0.1) is 12.1 Å². The van der Waals surface area contributed by atoms with Crippen LogP contribution in [0.2, 0.25) is 5.02 Å². The van der Waals surface area contributed by atoms with Crippen LogP contribution in [0, 0.1) is 5.92 Å². The molecule has 3 atom stereocenters. The number of aliphatic hydroxyl groups is 1. The van der Waals surface area contributed by atoms with Crippen molar-refractivity contribution >= 4 is 23.3 Å². The van der Waals surface area contributed by atoms with Gasteiger partial charge < -0.3 is 14.7 Å². The van der Waals surface area contributed by atoms with E-state index in [1.165, 1.54) is 18.5 Å². The molecule has 0 aliphatic carbocycles. The average Bonchev–Trinajstić information content (AvgIpc) is 3.11. The molecule has 2 aromatic heterocycles. The van der Waals surface area contributed by atoms with E-state index in [9.17, 15) is 23.5 Å². The van der Waals surface area contributed by atoms with Gasteiger partial charge in [0, 0.05) is 42.9 Å². The number of aliphatic hydroxyl groups excluding tert-OH is 1. The number of hydrogen-bond acceptors (Lipinski definition) is 6. The summed E-state index contributed by atoms with van der Waals surface area (Å²) in [5.74, 6) is -3.99. The van der Waals surface area contributed by atoms with E-state index in [2.05, 4.69) is 9.97 Å². The summed E-state index contributed by atoms with van der Waals surface area (Å²) in [7, 11) is 0. The Morgan fingerprint density at radius 2 is 2.06 bits per heavy atom. The molecule has 7 nitrogen and oxygen atoms in total. The smallest absolute Gasteiger partial charge is 0.278 e. The van der Waals surface area contributed by atoms with Gasteiger partial charge in [-0.15, -0.1) is 0 Å². The molecular weight excluding hydrogens is 468 g/mol. The molecule has 0 saturated heterocycles. The van der Waals surface area contributed by atoms with Gasteiger partial charge in [0.15, 0.2) is 12.4 Å². The molecule has 2 aromatic rings. The maximum absolute atomic E-state index is 13.2. The Morgan fingerprint density at radius 3 is 2.65 bits per heavy atom. The van der Waals surface area contributed by atoms with Crippen LogP contribution >= 0.6 is 11.6 Å². The number of halogens is 3. The van der Waals surface area contributed by atoms with Gasteiger partial charge in [0.2, 0.25) is 5.88 Å². The van der Waals surface area contributed by atoms with Gasteiger partial charge in [-0.1, -0.05) is 18.5 Å². The molecule has 0 radical (unpaired) electrons. The summed E-state index contributed by atoms with van der Waals surface area (Å²) in [6, 6.07) is 2.65. The summed E-state index contributed by atoms with van der Waals surface area (Å²) in [6.07, 6.45) is 3.11. The van der Waals surface area contributed by atoms with Crippen molar-refractivity contribution in [1.29, 1.82) is 0 Å². The first-order valence-corrected chi connectivity index (χ1v) is 11.5. The first-order chi connectivity index (χ1) is 15.9. The van der Waals surface area contributed by atoms with E-state index in [4.69, 9.17) is 16.3 Å². The number of carbonyl (C=O) groups excluding carboxylic acids is 2. The molecule has 2 unspecified atom stereocenters. The van der Waals surface area contributed by atoms with Crippen molar-refractivity contribution < 1.29 is 28.2 Å². The number of carbonyl (C=O) groups is 2. The summed E-state index contributed by atoms with van der Waals surface area (Å²) in [5, 5.41) is 9.80. The predicted molar refractivity (Wildman–Crippen MR) is 122 cm³/mol. The molecule has 34 heavy (non-hydrogen) atoms. The number of Topliss-reactive ketones (excluding diaryl/α,β-unsaturated/α-hetero) is 1. The van der Waals surface area contributed by atoms with E-state index in [1.807, 2.05) is 6.92 Å². The number of ketones is 1. The summed E-state index contributed by atoms with van der Waals surface area (Å²) in [6.45, 7) is 5.35. The highest BCUT2D eigenvalue weighted by molar-refractivity contribution is 6.31. The fourth-order valence-electron chi connectivity index (χ4n) is 3.99. The molecule has 1 aliphatic rings. The topological polar surface area (TPSA) is 92.6 Å². The Morgan fingerprint density at radius 1 is 1.35 bits per heavy atom.